The molecule has 5 nitrogen and oxygen atoms in total. The SMILES string of the molecule is CN(C)CC1CC(O)CN1Cc1ccc(C(=O)O)cc1Br. The molecule has 116 valence electrons. The van der Waals surface area contributed by atoms with Gasteiger partial charge in [0.25, 0.3) is 0 Å². The van der Waals surface area contributed by atoms with Crippen LogP contribution in [0.15, 0.2) is 22.7 Å². The fourth-order valence-corrected chi connectivity index (χ4v) is 3.29. The van der Waals surface area contributed by atoms with Gasteiger partial charge in [-0.2, -0.15) is 0 Å². The van der Waals surface area contributed by atoms with Gasteiger partial charge in [0, 0.05) is 30.1 Å². The average molecular weight is 357 g/mol. The van der Waals surface area contributed by atoms with E-state index in [0.717, 1.165) is 23.0 Å². The van der Waals surface area contributed by atoms with Gasteiger partial charge < -0.3 is 15.1 Å². The Kier molecular flexibility index (Phi) is 5.37. The van der Waals surface area contributed by atoms with Gasteiger partial charge in [0.15, 0.2) is 0 Å². The first-order valence-corrected chi connectivity index (χ1v) is 7.74. The van der Waals surface area contributed by atoms with Crippen LogP contribution in [0.5, 0.6) is 0 Å². The van der Waals surface area contributed by atoms with Crippen LogP contribution in [0.3, 0.4) is 0 Å². The van der Waals surface area contributed by atoms with Gasteiger partial charge in [-0.25, -0.2) is 4.79 Å². The number of benzene rings is 1. The van der Waals surface area contributed by atoms with Gasteiger partial charge in [0.1, 0.15) is 0 Å². The van der Waals surface area contributed by atoms with Crippen molar-refractivity contribution in [1.82, 2.24) is 9.80 Å². The molecule has 0 aromatic heterocycles. The molecular weight excluding hydrogens is 336 g/mol. The number of rotatable bonds is 5. The minimum Gasteiger partial charge on any atom is -0.478 e. The van der Waals surface area contributed by atoms with Crippen LogP contribution in [0.2, 0.25) is 0 Å². The molecule has 2 N–H and O–H groups in total. The third kappa shape index (κ3) is 4.26. The summed E-state index contributed by atoms with van der Waals surface area (Å²) in [4.78, 5) is 15.3. The van der Waals surface area contributed by atoms with Gasteiger partial charge in [-0.3, -0.25) is 4.90 Å². The Bertz CT molecular complexity index is 522. The van der Waals surface area contributed by atoms with Crippen molar-refractivity contribution in [3.8, 4) is 0 Å². The first kappa shape index (κ1) is 16.4. The lowest BCUT2D eigenvalue weighted by Gasteiger charge is -2.27. The quantitative estimate of drug-likeness (QED) is 0.839. The standard InChI is InChI=1S/C15H21BrN2O3/c1-17(2)8-12-6-13(19)9-18(12)7-11-4-3-10(15(20)21)5-14(11)16/h3-5,12-13,19H,6-9H2,1-2H3,(H,20,21). The minimum absolute atomic E-state index is 0.275. The van der Waals surface area contributed by atoms with Crippen LogP contribution in [-0.4, -0.2) is 65.3 Å². The largest absolute Gasteiger partial charge is 0.478 e. The average Bonchev–Trinajstić information content (AvgIpc) is 2.70. The molecule has 6 heteroatoms. The molecule has 2 unspecified atom stereocenters. The first-order valence-electron chi connectivity index (χ1n) is 6.95. The maximum absolute atomic E-state index is 11.0. The molecule has 0 aliphatic carbocycles. The van der Waals surface area contributed by atoms with Gasteiger partial charge in [0.05, 0.1) is 11.7 Å². The number of likely N-dealkylation sites (N-methyl/N-ethyl adjacent to an activating group) is 1. The topological polar surface area (TPSA) is 64.0 Å². The number of β-amino-alcohol motifs (C(OH)–C–C–N with tert-alkyl or cyclic N) is 1. The van der Waals surface area contributed by atoms with Crippen LogP contribution < -0.4 is 0 Å². The molecule has 1 aromatic carbocycles. The molecule has 0 saturated carbocycles. The molecule has 1 saturated heterocycles. The van der Waals surface area contributed by atoms with E-state index in [-0.39, 0.29) is 11.7 Å². The summed E-state index contributed by atoms with van der Waals surface area (Å²) < 4.78 is 0.799. The zero-order chi connectivity index (χ0) is 15.6. The number of carboxylic acid groups (broad SMARTS) is 1. The molecule has 0 amide bonds. The Hall–Kier alpha value is -0.950. The van der Waals surface area contributed by atoms with Gasteiger partial charge in [-0.05, 0) is 38.2 Å². The number of nitrogens with zero attached hydrogens (tertiary/aromatic N) is 2. The van der Waals surface area contributed by atoms with Crippen molar-refractivity contribution in [3.05, 3.63) is 33.8 Å². The summed E-state index contributed by atoms with van der Waals surface area (Å²) >= 11 is 3.45. The van der Waals surface area contributed by atoms with Crippen molar-refractivity contribution in [2.45, 2.75) is 25.1 Å². The number of likely N-dealkylation sites (tertiary alicyclic amines) is 1. The molecule has 1 aliphatic rings. The number of aliphatic hydroxyl groups is 1. The fourth-order valence-electron chi connectivity index (χ4n) is 2.79. The molecule has 1 aliphatic heterocycles. The van der Waals surface area contributed by atoms with Crippen LogP contribution in [-0.2, 0) is 6.54 Å². The zero-order valence-corrected chi connectivity index (χ0v) is 13.9. The Morgan fingerprint density at radius 1 is 1.48 bits per heavy atom. The first-order chi connectivity index (χ1) is 9.86. The summed E-state index contributed by atoms with van der Waals surface area (Å²) in [6.07, 6.45) is 0.496. The summed E-state index contributed by atoms with van der Waals surface area (Å²) in [7, 11) is 4.06. The summed E-state index contributed by atoms with van der Waals surface area (Å²) in [6, 6.07) is 5.41. The van der Waals surface area contributed by atoms with Crippen molar-refractivity contribution < 1.29 is 15.0 Å². The smallest absolute Gasteiger partial charge is 0.335 e. The van der Waals surface area contributed by atoms with E-state index in [9.17, 15) is 9.90 Å². The van der Waals surface area contributed by atoms with E-state index in [4.69, 9.17) is 5.11 Å². The number of carbonyl (C=O) groups is 1. The van der Waals surface area contributed by atoms with Gasteiger partial charge in [-0.15, -0.1) is 0 Å². The molecule has 0 spiro atoms. The van der Waals surface area contributed by atoms with Crippen LogP contribution in [0.1, 0.15) is 22.3 Å². The Morgan fingerprint density at radius 2 is 2.19 bits per heavy atom. The predicted octanol–water partition coefficient (Wildman–Crippen LogP) is 1.64. The monoisotopic (exact) mass is 356 g/mol. The van der Waals surface area contributed by atoms with Crippen molar-refractivity contribution in [1.29, 1.82) is 0 Å². The van der Waals surface area contributed by atoms with E-state index >= 15 is 0 Å². The molecule has 0 bridgehead atoms. The van der Waals surface area contributed by atoms with E-state index in [1.165, 1.54) is 0 Å². The molecule has 21 heavy (non-hydrogen) atoms. The molecule has 2 rings (SSSR count). The van der Waals surface area contributed by atoms with E-state index in [1.54, 1.807) is 12.1 Å². The lowest BCUT2D eigenvalue weighted by Crippen LogP contribution is -2.37. The van der Waals surface area contributed by atoms with Gasteiger partial charge in [-0.1, -0.05) is 22.0 Å². The summed E-state index contributed by atoms with van der Waals surface area (Å²) in [5.74, 6) is -0.927. The highest BCUT2D eigenvalue weighted by Crippen LogP contribution is 2.25. The Labute approximate surface area is 133 Å². The number of aromatic carboxylic acids is 1. The molecule has 1 heterocycles. The highest BCUT2D eigenvalue weighted by molar-refractivity contribution is 9.10. The van der Waals surface area contributed by atoms with E-state index < -0.39 is 5.97 Å². The normalized spacial score (nSPS) is 22.9. The highest BCUT2D eigenvalue weighted by atomic mass is 79.9. The molecule has 2 atom stereocenters. The Balaban J connectivity index is 2.11. The van der Waals surface area contributed by atoms with Crippen LogP contribution in [0.4, 0.5) is 0 Å². The predicted molar refractivity (Wildman–Crippen MR) is 84.5 cm³/mol. The third-order valence-electron chi connectivity index (χ3n) is 3.76. The summed E-state index contributed by atoms with van der Waals surface area (Å²) in [5, 5.41) is 18.9. The van der Waals surface area contributed by atoms with Crippen molar-refractivity contribution in [2.75, 3.05) is 27.2 Å². The Morgan fingerprint density at radius 3 is 2.76 bits per heavy atom. The zero-order valence-electron chi connectivity index (χ0n) is 12.3. The second kappa shape index (κ2) is 6.87. The fraction of sp³-hybridized carbons (Fsp3) is 0.533. The van der Waals surface area contributed by atoms with E-state index in [0.29, 0.717) is 19.1 Å². The lowest BCUT2D eigenvalue weighted by molar-refractivity contribution is 0.0696. The number of hydrogen-bond acceptors (Lipinski definition) is 4. The third-order valence-corrected chi connectivity index (χ3v) is 4.49. The second-order valence-corrected chi connectivity index (χ2v) is 6.70. The summed E-state index contributed by atoms with van der Waals surface area (Å²) in [6.45, 7) is 2.27. The number of aliphatic hydroxyl groups excluding tert-OH is 1. The maximum Gasteiger partial charge on any atom is 0.335 e. The molecule has 1 aromatic rings. The van der Waals surface area contributed by atoms with Gasteiger partial charge in [0.2, 0.25) is 0 Å². The maximum atomic E-state index is 11.0. The second-order valence-electron chi connectivity index (χ2n) is 5.85. The van der Waals surface area contributed by atoms with Crippen molar-refractivity contribution in [3.63, 3.8) is 0 Å². The van der Waals surface area contributed by atoms with E-state index in [2.05, 4.69) is 25.7 Å². The molecule has 1 fully saturated rings. The van der Waals surface area contributed by atoms with Crippen molar-refractivity contribution >= 4 is 21.9 Å². The van der Waals surface area contributed by atoms with Gasteiger partial charge >= 0.3 is 5.97 Å². The number of halogens is 1. The van der Waals surface area contributed by atoms with Crippen molar-refractivity contribution in [2.24, 2.45) is 0 Å². The number of carboxylic acids is 1. The van der Waals surface area contributed by atoms with E-state index in [1.807, 2.05) is 20.2 Å². The molecule has 0 radical (unpaired) electrons. The van der Waals surface area contributed by atoms with Crippen LogP contribution in [0, 0.1) is 0 Å². The highest BCUT2D eigenvalue weighted by Gasteiger charge is 2.31. The van der Waals surface area contributed by atoms with Crippen LogP contribution >= 0.6 is 15.9 Å². The number of hydrogen-bond donors (Lipinski definition) is 2. The lowest BCUT2D eigenvalue weighted by atomic mass is 10.1. The molecular formula is C15H21BrN2O3. The minimum atomic E-state index is -0.927. The summed E-state index contributed by atoms with van der Waals surface area (Å²) in [5.41, 5.74) is 1.31. The van der Waals surface area contributed by atoms with Crippen LogP contribution in [0.25, 0.3) is 0 Å².